The Morgan fingerprint density at radius 2 is 1.76 bits per heavy atom. The number of carbonyl (C=O) groups excluding carboxylic acids is 1. The highest BCUT2D eigenvalue weighted by molar-refractivity contribution is 6.09. The first-order chi connectivity index (χ1) is 16.1. The average molecular weight is 447 g/mol. The molecular weight excluding hydrogens is 420 g/mol. The van der Waals surface area contributed by atoms with E-state index in [1.165, 1.54) is 0 Å². The fourth-order valence-electron chi connectivity index (χ4n) is 4.09. The van der Waals surface area contributed by atoms with E-state index in [1.807, 2.05) is 42.5 Å². The van der Waals surface area contributed by atoms with Crippen molar-refractivity contribution in [2.75, 3.05) is 25.6 Å². The molecule has 8 heteroatoms. The van der Waals surface area contributed by atoms with Crippen LogP contribution in [-0.2, 0) is 4.74 Å². The Hall–Kier alpha value is -3.81. The van der Waals surface area contributed by atoms with Gasteiger partial charge in [-0.2, -0.15) is 0 Å². The zero-order valence-electron chi connectivity index (χ0n) is 18.7. The summed E-state index contributed by atoms with van der Waals surface area (Å²) in [7, 11) is 0. The van der Waals surface area contributed by atoms with Gasteiger partial charge in [-0.05, 0) is 30.2 Å². The third-order valence-corrected chi connectivity index (χ3v) is 6.09. The minimum atomic E-state index is -0.495. The number of aromatic nitrogens is 3. The fraction of sp³-hybridized carbons (Fsp3) is 0.320. The van der Waals surface area contributed by atoms with Crippen molar-refractivity contribution in [1.29, 1.82) is 0 Å². The molecule has 3 heterocycles. The van der Waals surface area contributed by atoms with Crippen LogP contribution in [0.5, 0.6) is 11.5 Å². The van der Waals surface area contributed by atoms with Crippen LogP contribution in [0.1, 0.15) is 37.0 Å². The van der Waals surface area contributed by atoms with Crippen LogP contribution in [0.2, 0.25) is 0 Å². The Bertz CT molecular complexity index is 1340. The number of nitrogen functional groups attached to an aromatic ring is 1. The van der Waals surface area contributed by atoms with Crippen LogP contribution in [0.25, 0.3) is 27.9 Å². The van der Waals surface area contributed by atoms with Gasteiger partial charge in [0, 0.05) is 6.07 Å². The second kappa shape index (κ2) is 8.61. The molecule has 2 N–H and O–H groups in total. The smallest absolute Gasteiger partial charge is 0.344 e. The van der Waals surface area contributed by atoms with Crippen LogP contribution >= 0.6 is 0 Å². The molecule has 0 amide bonds. The van der Waals surface area contributed by atoms with Gasteiger partial charge in [0.05, 0.1) is 23.3 Å². The normalized spacial score (nSPS) is 13.1. The SMILES string of the molecule is CCC(CC)COC(=O)c1c(N)n(-c2ccc3c(c2)OCCO3)c2nc3ccccc3nc12. The number of para-hydroxylation sites is 2. The Morgan fingerprint density at radius 3 is 2.48 bits per heavy atom. The summed E-state index contributed by atoms with van der Waals surface area (Å²) in [5.41, 5.74) is 9.78. The monoisotopic (exact) mass is 446 g/mol. The second-order valence-corrected chi connectivity index (χ2v) is 8.09. The molecule has 2 aromatic carbocycles. The summed E-state index contributed by atoms with van der Waals surface area (Å²) in [6.45, 7) is 5.48. The highest BCUT2D eigenvalue weighted by Gasteiger charge is 2.27. The van der Waals surface area contributed by atoms with Crippen LogP contribution in [0.15, 0.2) is 42.5 Å². The van der Waals surface area contributed by atoms with Gasteiger partial charge in [0.2, 0.25) is 0 Å². The Kier molecular flexibility index (Phi) is 5.50. The van der Waals surface area contributed by atoms with E-state index in [9.17, 15) is 4.79 Å². The van der Waals surface area contributed by atoms with Crippen molar-refractivity contribution in [1.82, 2.24) is 14.5 Å². The standard InChI is InChI=1S/C25H26N4O4/c1-3-15(4-2)14-33-25(30)21-22-24(28-18-8-6-5-7-17(18)27-22)29(23(21)26)16-9-10-19-20(13-16)32-12-11-31-19/h5-10,13,15H,3-4,11-12,14,26H2,1-2H3. The van der Waals surface area contributed by atoms with Gasteiger partial charge < -0.3 is 19.9 Å². The van der Waals surface area contributed by atoms with Crippen molar-refractivity contribution in [3.8, 4) is 17.2 Å². The highest BCUT2D eigenvalue weighted by atomic mass is 16.6. The summed E-state index contributed by atoms with van der Waals surface area (Å²) in [6, 6.07) is 13.0. The van der Waals surface area contributed by atoms with E-state index in [1.54, 1.807) is 4.57 Å². The molecular formula is C25H26N4O4. The summed E-state index contributed by atoms with van der Waals surface area (Å²) < 4.78 is 18.8. The van der Waals surface area contributed by atoms with E-state index in [-0.39, 0.29) is 11.4 Å². The van der Waals surface area contributed by atoms with Crippen LogP contribution < -0.4 is 15.2 Å². The van der Waals surface area contributed by atoms with Crippen molar-refractivity contribution >= 4 is 34.0 Å². The number of nitrogens with zero attached hydrogens (tertiary/aromatic N) is 3. The molecule has 0 radical (unpaired) electrons. The van der Waals surface area contributed by atoms with E-state index < -0.39 is 5.97 Å². The molecule has 0 atom stereocenters. The van der Waals surface area contributed by atoms with Gasteiger partial charge in [-0.15, -0.1) is 0 Å². The number of esters is 1. The number of fused-ring (bicyclic) bond motifs is 3. The lowest BCUT2D eigenvalue weighted by Crippen LogP contribution is -2.16. The van der Waals surface area contributed by atoms with E-state index >= 15 is 0 Å². The molecule has 0 spiro atoms. The van der Waals surface area contributed by atoms with Crippen LogP contribution in [0.4, 0.5) is 5.82 Å². The number of anilines is 1. The van der Waals surface area contributed by atoms with Gasteiger partial charge in [0.15, 0.2) is 17.1 Å². The Labute approximate surface area is 191 Å². The molecule has 0 bridgehead atoms. The van der Waals surface area contributed by atoms with Gasteiger partial charge in [-0.3, -0.25) is 4.57 Å². The zero-order chi connectivity index (χ0) is 22.9. The minimum Gasteiger partial charge on any atom is -0.486 e. The Balaban J connectivity index is 1.68. The summed E-state index contributed by atoms with van der Waals surface area (Å²) in [5, 5.41) is 0. The second-order valence-electron chi connectivity index (χ2n) is 8.09. The molecule has 5 rings (SSSR count). The van der Waals surface area contributed by atoms with Crippen molar-refractivity contribution in [2.24, 2.45) is 5.92 Å². The number of ether oxygens (including phenoxy) is 3. The molecule has 8 nitrogen and oxygen atoms in total. The molecule has 4 aromatic rings. The third-order valence-electron chi connectivity index (χ3n) is 6.09. The topological polar surface area (TPSA) is 101 Å². The van der Waals surface area contributed by atoms with Crippen LogP contribution in [0.3, 0.4) is 0 Å². The van der Waals surface area contributed by atoms with Gasteiger partial charge in [-0.25, -0.2) is 14.8 Å². The van der Waals surface area contributed by atoms with E-state index in [0.29, 0.717) is 65.1 Å². The summed E-state index contributed by atoms with van der Waals surface area (Å²) in [6.07, 6.45) is 1.87. The van der Waals surface area contributed by atoms with Crippen molar-refractivity contribution in [3.63, 3.8) is 0 Å². The van der Waals surface area contributed by atoms with Gasteiger partial charge in [-0.1, -0.05) is 38.8 Å². The maximum Gasteiger partial charge on any atom is 0.344 e. The molecule has 2 aromatic heterocycles. The number of benzene rings is 2. The molecule has 1 aliphatic rings. The van der Waals surface area contributed by atoms with Gasteiger partial charge >= 0.3 is 5.97 Å². The largest absolute Gasteiger partial charge is 0.486 e. The van der Waals surface area contributed by atoms with E-state index in [0.717, 1.165) is 12.8 Å². The average Bonchev–Trinajstić information content (AvgIpc) is 3.13. The lowest BCUT2D eigenvalue weighted by atomic mass is 10.1. The third kappa shape index (κ3) is 3.71. The van der Waals surface area contributed by atoms with E-state index in [2.05, 4.69) is 13.8 Å². The number of carbonyl (C=O) groups is 1. The molecule has 0 aliphatic carbocycles. The molecule has 1 aliphatic heterocycles. The maximum absolute atomic E-state index is 13.2. The van der Waals surface area contributed by atoms with Crippen molar-refractivity contribution in [3.05, 3.63) is 48.0 Å². The predicted molar refractivity (Wildman–Crippen MR) is 126 cm³/mol. The maximum atomic E-state index is 13.2. The first-order valence-corrected chi connectivity index (χ1v) is 11.2. The first-order valence-electron chi connectivity index (χ1n) is 11.2. The summed E-state index contributed by atoms with van der Waals surface area (Å²) >= 11 is 0. The Morgan fingerprint density at radius 1 is 1.06 bits per heavy atom. The van der Waals surface area contributed by atoms with Crippen molar-refractivity contribution in [2.45, 2.75) is 26.7 Å². The number of nitrogens with two attached hydrogens (primary N) is 1. The van der Waals surface area contributed by atoms with Crippen molar-refractivity contribution < 1.29 is 19.0 Å². The van der Waals surface area contributed by atoms with E-state index in [4.69, 9.17) is 29.9 Å². The van der Waals surface area contributed by atoms with Gasteiger partial charge in [0.25, 0.3) is 0 Å². The van der Waals surface area contributed by atoms with Gasteiger partial charge in [0.1, 0.15) is 30.1 Å². The molecule has 0 unspecified atom stereocenters. The van der Waals surface area contributed by atoms with Crippen LogP contribution in [0, 0.1) is 5.92 Å². The quantitative estimate of drug-likeness (QED) is 0.435. The number of hydrogen-bond acceptors (Lipinski definition) is 7. The molecule has 33 heavy (non-hydrogen) atoms. The molecule has 0 saturated heterocycles. The minimum absolute atomic E-state index is 0.226. The zero-order valence-corrected chi connectivity index (χ0v) is 18.7. The predicted octanol–water partition coefficient (Wildman–Crippen LogP) is 4.52. The molecule has 170 valence electrons. The van der Waals surface area contributed by atoms with Crippen LogP contribution in [-0.4, -0.2) is 40.3 Å². The lowest BCUT2D eigenvalue weighted by Gasteiger charge is -2.19. The lowest BCUT2D eigenvalue weighted by molar-refractivity contribution is 0.0436. The highest BCUT2D eigenvalue weighted by Crippen LogP contribution is 2.36. The number of hydrogen-bond donors (Lipinski definition) is 1. The first kappa shape index (κ1) is 21.1. The molecule has 0 saturated carbocycles. The number of rotatable bonds is 6. The fourth-order valence-corrected chi connectivity index (χ4v) is 4.09. The summed E-state index contributed by atoms with van der Waals surface area (Å²) in [4.78, 5) is 22.7. The molecule has 0 fully saturated rings. The summed E-state index contributed by atoms with van der Waals surface area (Å²) in [5.74, 6) is 1.32.